The fourth-order valence-corrected chi connectivity index (χ4v) is 3.38. The maximum atomic E-state index is 12.2. The van der Waals surface area contributed by atoms with Gasteiger partial charge in [-0.05, 0) is 49.9 Å². The fourth-order valence-electron chi connectivity index (χ4n) is 3.38. The van der Waals surface area contributed by atoms with Gasteiger partial charge in [0.15, 0.2) is 0 Å². The number of carbonyl (C=O) groups excluding carboxylic acids is 2. The van der Waals surface area contributed by atoms with Crippen LogP contribution in [0.5, 0.6) is 0 Å². The molecule has 0 atom stereocenters. The molecule has 1 aliphatic rings. The minimum absolute atomic E-state index is 0.0786. The highest BCUT2D eigenvalue weighted by molar-refractivity contribution is 6.00. The largest absolute Gasteiger partial charge is 0.376 e. The minimum Gasteiger partial charge on any atom is -0.376 e. The van der Waals surface area contributed by atoms with Gasteiger partial charge in [0.2, 0.25) is 5.91 Å². The van der Waals surface area contributed by atoms with Crippen molar-refractivity contribution in [1.82, 2.24) is 5.32 Å². The summed E-state index contributed by atoms with van der Waals surface area (Å²) in [5.74, 6) is -0.641. The van der Waals surface area contributed by atoms with Gasteiger partial charge in [0, 0.05) is 31.0 Å². The van der Waals surface area contributed by atoms with Crippen molar-refractivity contribution in [3.05, 3.63) is 59.2 Å². The molecule has 148 valence electrons. The van der Waals surface area contributed by atoms with E-state index in [0.717, 1.165) is 37.2 Å². The van der Waals surface area contributed by atoms with Gasteiger partial charge >= 0.3 is 0 Å². The van der Waals surface area contributed by atoms with Gasteiger partial charge < -0.3 is 21.3 Å². The van der Waals surface area contributed by atoms with Gasteiger partial charge in [0.1, 0.15) is 0 Å². The summed E-state index contributed by atoms with van der Waals surface area (Å²) in [6.07, 6.45) is 3.57. The summed E-state index contributed by atoms with van der Waals surface area (Å²) in [7, 11) is 0. The van der Waals surface area contributed by atoms with E-state index in [0.29, 0.717) is 17.8 Å². The zero-order valence-electron chi connectivity index (χ0n) is 16.3. The van der Waals surface area contributed by atoms with E-state index in [4.69, 9.17) is 5.73 Å². The first-order valence-electron chi connectivity index (χ1n) is 9.78. The summed E-state index contributed by atoms with van der Waals surface area (Å²) < 4.78 is 0. The molecule has 1 saturated heterocycles. The van der Waals surface area contributed by atoms with E-state index in [1.807, 2.05) is 49.4 Å². The number of aryl methyl sites for hydroxylation is 1. The number of benzene rings is 2. The van der Waals surface area contributed by atoms with Gasteiger partial charge in [-0.2, -0.15) is 0 Å². The van der Waals surface area contributed by atoms with E-state index in [-0.39, 0.29) is 12.5 Å². The van der Waals surface area contributed by atoms with Crippen molar-refractivity contribution >= 4 is 23.2 Å². The maximum Gasteiger partial charge on any atom is 0.250 e. The van der Waals surface area contributed by atoms with Gasteiger partial charge in [-0.25, -0.2) is 0 Å². The predicted octanol–water partition coefficient (Wildman–Crippen LogP) is 2.81. The number of nitrogens with one attached hydrogen (secondary N) is 2. The number of carbonyl (C=O) groups is 2. The zero-order valence-corrected chi connectivity index (χ0v) is 16.3. The number of piperidine rings is 1. The van der Waals surface area contributed by atoms with E-state index in [1.165, 1.54) is 12.0 Å². The number of nitrogens with two attached hydrogens (primary N) is 1. The predicted molar refractivity (Wildman–Crippen MR) is 113 cm³/mol. The number of anilines is 2. The van der Waals surface area contributed by atoms with Crippen LogP contribution in [-0.4, -0.2) is 31.4 Å². The highest BCUT2D eigenvalue weighted by atomic mass is 16.2. The third kappa shape index (κ3) is 5.25. The van der Waals surface area contributed by atoms with Crippen LogP contribution in [0.1, 0.15) is 40.7 Å². The molecular formula is C22H28N4O2. The summed E-state index contributed by atoms with van der Waals surface area (Å²) >= 11 is 0. The fraction of sp³-hybridized carbons (Fsp3) is 0.364. The molecular weight excluding hydrogens is 352 g/mol. The van der Waals surface area contributed by atoms with Crippen molar-refractivity contribution in [3.63, 3.8) is 0 Å². The maximum absolute atomic E-state index is 12.2. The van der Waals surface area contributed by atoms with Crippen LogP contribution in [0.3, 0.4) is 0 Å². The molecule has 4 N–H and O–H groups in total. The van der Waals surface area contributed by atoms with Crippen LogP contribution in [-0.2, 0) is 11.3 Å². The highest BCUT2D eigenvalue weighted by Gasteiger charge is 2.15. The Bertz CT molecular complexity index is 827. The highest BCUT2D eigenvalue weighted by Crippen LogP contribution is 2.25. The number of primary amides is 1. The number of hydrogen-bond acceptors (Lipinski definition) is 4. The third-order valence-electron chi connectivity index (χ3n) is 5.04. The Morgan fingerprint density at radius 2 is 1.75 bits per heavy atom. The summed E-state index contributed by atoms with van der Waals surface area (Å²) in [4.78, 5) is 26.3. The monoisotopic (exact) mass is 380 g/mol. The van der Waals surface area contributed by atoms with Crippen molar-refractivity contribution in [2.75, 3.05) is 29.9 Å². The molecule has 2 amide bonds. The van der Waals surface area contributed by atoms with Crippen LogP contribution in [0.4, 0.5) is 11.4 Å². The average Bonchev–Trinajstić information content (AvgIpc) is 2.72. The number of rotatable bonds is 7. The third-order valence-corrected chi connectivity index (χ3v) is 5.04. The molecule has 1 heterocycles. The Morgan fingerprint density at radius 1 is 1.04 bits per heavy atom. The molecule has 6 heteroatoms. The van der Waals surface area contributed by atoms with Gasteiger partial charge in [-0.15, -0.1) is 0 Å². The standard InChI is InChI=1S/C22H28N4O2/c1-16-5-7-17(8-6-16)14-25-21(27)15-24-20-10-9-18(13-19(20)22(23)28)26-11-3-2-4-12-26/h5-10,13,24H,2-4,11-12,14-15H2,1H3,(H2,23,28)(H,25,27). The topological polar surface area (TPSA) is 87.5 Å². The second-order valence-electron chi connectivity index (χ2n) is 7.26. The summed E-state index contributed by atoms with van der Waals surface area (Å²) in [6.45, 7) is 4.56. The lowest BCUT2D eigenvalue weighted by Gasteiger charge is -2.29. The van der Waals surface area contributed by atoms with Crippen LogP contribution >= 0.6 is 0 Å². The van der Waals surface area contributed by atoms with Crippen LogP contribution in [0.25, 0.3) is 0 Å². The molecule has 0 spiro atoms. The van der Waals surface area contributed by atoms with E-state index in [1.54, 1.807) is 0 Å². The van der Waals surface area contributed by atoms with Crippen LogP contribution in [0, 0.1) is 6.92 Å². The molecule has 2 aromatic rings. The summed E-state index contributed by atoms with van der Waals surface area (Å²) in [5, 5.41) is 5.91. The molecule has 3 rings (SSSR count). The summed E-state index contributed by atoms with van der Waals surface area (Å²) in [5.41, 5.74) is 9.79. The van der Waals surface area contributed by atoms with Crippen LogP contribution < -0.4 is 21.3 Å². The number of amides is 2. The molecule has 2 aromatic carbocycles. The van der Waals surface area contributed by atoms with Gasteiger partial charge in [0.25, 0.3) is 5.91 Å². The quantitative estimate of drug-likeness (QED) is 0.689. The molecule has 0 saturated carbocycles. The Labute approximate surface area is 166 Å². The smallest absolute Gasteiger partial charge is 0.250 e. The Hall–Kier alpha value is -3.02. The number of hydrogen-bond donors (Lipinski definition) is 3. The lowest BCUT2D eigenvalue weighted by atomic mass is 10.1. The molecule has 28 heavy (non-hydrogen) atoms. The minimum atomic E-state index is -0.499. The van der Waals surface area contributed by atoms with Crippen molar-refractivity contribution in [1.29, 1.82) is 0 Å². The van der Waals surface area contributed by atoms with E-state index >= 15 is 0 Å². The van der Waals surface area contributed by atoms with Gasteiger partial charge in [-0.3, -0.25) is 9.59 Å². The molecule has 0 aromatic heterocycles. The molecule has 0 radical (unpaired) electrons. The van der Waals surface area contributed by atoms with Crippen molar-refractivity contribution in [2.24, 2.45) is 5.73 Å². The van der Waals surface area contributed by atoms with Crippen molar-refractivity contribution < 1.29 is 9.59 Å². The Kier molecular flexibility index (Phi) is 6.53. The van der Waals surface area contributed by atoms with E-state index in [9.17, 15) is 9.59 Å². The SMILES string of the molecule is Cc1ccc(CNC(=O)CNc2ccc(N3CCCCC3)cc2C(N)=O)cc1. The summed E-state index contributed by atoms with van der Waals surface area (Å²) in [6, 6.07) is 13.6. The van der Waals surface area contributed by atoms with Gasteiger partial charge in [-0.1, -0.05) is 29.8 Å². The first-order chi connectivity index (χ1) is 13.5. The molecule has 1 aliphatic heterocycles. The normalized spacial score (nSPS) is 13.8. The second kappa shape index (κ2) is 9.26. The molecule has 0 unspecified atom stereocenters. The first kappa shape index (κ1) is 19.7. The van der Waals surface area contributed by atoms with E-state index < -0.39 is 5.91 Å². The van der Waals surface area contributed by atoms with Gasteiger partial charge in [0.05, 0.1) is 12.1 Å². The Morgan fingerprint density at radius 3 is 2.43 bits per heavy atom. The second-order valence-corrected chi connectivity index (χ2v) is 7.26. The molecule has 0 bridgehead atoms. The Balaban J connectivity index is 1.58. The molecule has 0 aliphatic carbocycles. The van der Waals surface area contributed by atoms with Crippen molar-refractivity contribution in [3.8, 4) is 0 Å². The average molecular weight is 380 g/mol. The van der Waals surface area contributed by atoms with Crippen molar-refractivity contribution in [2.45, 2.75) is 32.7 Å². The lowest BCUT2D eigenvalue weighted by Crippen LogP contribution is -2.31. The lowest BCUT2D eigenvalue weighted by molar-refractivity contribution is -0.119. The first-order valence-corrected chi connectivity index (χ1v) is 9.78. The number of nitrogens with zero attached hydrogens (tertiary/aromatic N) is 1. The molecule has 6 nitrogen and oxygen atoms in total. The molecule has 1 fully saturated rings. The zero-order chi connectivity index (χ0) is 19.9. The van der Waals surface area contributed by atoms with Crippen LogP contribution in [0.15, 0.2) is 42.5 Å². The van der Waals surface area contributed by atoms with Crippen LogP contribution in [0.2, 0.25) is 0 Å². The van der Waals surface area contributed by atoms with E-state index in [2.05, 4.69) is 15.5 Å².